The predicted octanol–water partition coefficient (Wildman–Crippen LogP) is 2.06. The highest BCUT2D eigenvalue weighted by Crippen LogP contribution is 2.33. The van der Waals surface area contributed by atoms with Gasteiger partial charge in [-0.3, -0.25) is 9.69 Å². The standard InChI is InChI=1S/C12H23NO2/c1-11(2)6-8-13(9-7-11)12(3,4)10(14)15-5/h6-9H2,1-5H3. The van der Waals surface area contributed by atoms with E-state index < -0.39 is 5.54 Å². The SMILES string of the molecule is COC(=O)C(C)(C)N1CCC(C)(C)CC1. The summed E-state index contributed by atoms with van der Waals surface area (Å²) in [6, 6.07) is 0. The first-order valence-electron chi connectivity index (χ1n) is 5.63. The van der Waals surface area contributed by atoms with Gasteiger partial charge in [-0.15, -0.1) is 0 Å². The number of rotatable bonds is 2. The zero-order valence-electron chi connectivity index (χ0n) is 10.6. The van der Waals surface area contributed by atoms with Gasteiger partial charge in [-0.05, 0) is 45.2 Å². The Morgan fingerprint density at radius 3 is 2.13 bits per heavy atom. The molecule has 0 saturated carbocycles. The highest BCUT2D eigenvalue weighted by atomic mass is 16.5. The summed E-state index contributed by atoms with van der Waals surface area (Å²) in [7, 11) is 1.46. The van der Waals surface area contributed by atoms with Gasteiger partial charge in [0.1, 0.15) is 5.54 Å². The summed E-state index contributed by atoms with van der Waals surface area (Å²) in [6.07, 6.45) is 2.29. The van der Waals surface area contributed by atoms with E-state index in [1.807, 2.05) is 13.8 Å². The van der Waals surface area contributed by atoms with Gasteiger partial charge in [0.25, 0.3) is 0 Å². The molecule has 88 valence electrons. The molecule has 0 radical (unpaired) electrons. The average molecular weight is 213 g/mol. The molecule has 1 saturated heterocycles. The van der Waals surface area contributed by atoms with Gasteiger partial charge in [0.2, 0.25) is 0 Å². The molecule has 0 amide bonds. The second kappa shape index (κ2) is 4.12. The maximum Gasteiger partial charge on any atom is 0.325 e. The summed E-state index contributed by atoms with van der Waals surface area (Å²) in [4.78, 5) is 13.9. The molecule has 0 aromatic heterocycles. The van der Waals surface area contributed by atoms with Crippen molar-refractivity contribution in [1.29, 1.82) is 0 Å². The molecule has 3 nitrogen and oxygen atoms in total. The Morgan fingerprint density at radius 1 is 1.27 bits per heavy atom. The van der Waals surface area contributed by atoms with E-state index in [9.17, 15) is 4.79 Å². The van der Waals surface area contributed by atoms with Crippen molar-refractivity contribution in [3.63, 3.8) is 0 Å². The highest BCUT2D eigenvalue weighted by Gasteiger charge is 2.39. The first kappa shape index (κ1) is 12.5. The van der Waals surface area contributed by atoms with Crippen LogP contribution in [0.4, 0.5) is 0 Å². The Kier molecular flexibility index (Phi) is 3.44. The average Bonchev–Trinajstić information content (AvgIpc) is 2.15. The molecular formula is C12H23NO2. The lowest BCUT2D eigenvalue weighted by Crippen LogP contribution is -2.54. The van der Waals surface area contributed by atoms with Crippen LogP contribution in [0.5, 0.6) is 0 Å². The summed E-state index contributed by atoms with van der Waals surface area (Å²) in [5.74, 6) is -0.137. The number of piperidine rings is 1. The van der Waals surface area contributed by atoms with Gasteiger partial charge in [-0.25, -0.2) is 0 Å². The lowest BCUT2D eigenvalue weighted by molar-refractivity contribution is -0.154. The molecule has 15 heavy (non-hydrogen) atoms. The molecule has 1 heterocycles. The number of ether oxygens (including phenoxy) is 1. The maximum absolute atomic E-state index is 11.6. The zero-order valence-corrected chi connectivity index (χ0v) is 10.6. The quantitative estimate of drug-likeness (QED) is 0.658. The van der Waals surface area contributed by atoms with Crippen molar-refractivity contribution in [3.05, 3.63) is 0 Å². The monoisotopic (exact) mass is 213 g/mol. The second-order valence-electron chi connectivity index (χ2n) is 5.70. The minimum atomic E-state index is -0.481. The Hall–Kier alpha value is -0.570. The van der Waals surface area contributed by atoms with E-state index in [0.717, 1.165) is 25.9 Å². The fraction of sp³-hybridized carbons (Fsp3) is 0.917. The fourth-order valence-corrected chi connectivity index (χ4v) is 2.05. The van der Waals surface area contributed by atoms with Crippen LogP contribution < -0.4 is 0 Å². The van der Waals surface area contributed by atoms with Gasteiger partial charge < -0.3 is 4.74 Å². The summed E-state index contributed by atoms with van der Waals surface area (Å²) in [5, 5.41) is 0. The third kappa shape index (κ3) is 2.71. The molecule has 0 aromatic rings. The fourth-order valence-electron chi connectivity index (χ4n) is 2.05. The summed E-state index contributed by atoms with van der Waals surface area (Å²) < 4.78 is 4.84. The Morgan fingerprint density at radius 2 is 1.73 bits per heavy atom. The van der Waals surface area contributed by atoms with Crippen LogP contribution in [-0.4, -0.2) is 36.6 Å². The van der Waals surface area contributed by atoms with Crippen LogP contribution >= 0.6 is 0 Å². The Labute approximate surface area is 92.8 Å². The van der Waals surface area contributed by atoms with Gasteiger partial charge in [-0.2, -0.15) is 0 Å². The lowest BCUT2D eigenvalue weighted by Gasteiger charge is -2.43. The van der Waals surface area contributed by atoms with Crippen LogP contribution in [0.2, 0.25) is 0 Å². The molecule has 0 aliphatic carbocycles. The van der Waals surface area contributed by atoms with E-state index in [2.05, 4.69) is 18.7 Å². The van der Waals surface area contributed by atoms with Crippen molar-refractivity contribution in [2.75, 3.05) is 20.2 Å². The van der Waals surface area contributed by atoms with Gasteiger partial charge in [-0.1, -0.05) is 13.8 Å². The molecule has 0 atom stereocenters. The third-order valence-corrected chi connectivity index (χ3v) is 3.59. The van der Waals surface area contributed by atoms with Crippen LogP contribution in [0.15, 0.2) is 0 Å². The number of likely N-dealkylation sites (tertiary alicyclic amines) is 1. The number of hydrogen-bond donors (Lipinski definition) is 0. The van der Waals surface area contributed by atoms with Crippen LogP contribution in [0.1, 0.15) is 40.5 Å². The molecule has 0 aromatic carbocycles. The highest BCUT2D eigenvalue weighted by molar-refractivity contribution is 5.79. The number of hydrogen-bond acceptors (Lipinski definition) is 3. The number of carbonyl (C=O) groups is 1. The Balaban J connectivity index is 2.63. The first-order chi connectivity index (χ1) is 6.79. The molecule has 1 rings (SSSR count). The first-order valence-corrected chi connectivity index (χ1v) is 5.63. The number of methoxy groups -OCH3 is 1. The molecule has 0 N–H and O–H groups in total. The topological polar surface area (TPSA) is 29.5 Å². The molecule has 0 bridgehead atoms. The molecule has 1 aliphatic heterocycles. The second-order valence-corrected chi connectivity index (χ2v) is 5.70. The van der Waals surface area contributed by atoms with E-state index in [1.54, 1.807) is 0 Å². The van der Waals surface area contributed by atoms with E-state index in [1.165, 1.54) is 7.11 Å². The van der Waals surface area contributed by atoms with E-state index in [-0.39, 0.29) is 5.97 Å². The minimum absolute atomic E-state index is 0.137. The molecule has 1 aliphatic rings. The van der Waals surface area contributed by atoms with Crippen molar-refractivity contribution < 1.29 is 9.53 Å². The van der Waals surface area contributed by atoms with E-state index >= 15 is 0 Å². The summed E-state index contributed by atoms with van der Waals surface area (Å²) >= 11 is 0. The summed E-state index contributed by atoms with van der Waals surface area (Å²) in [6.45, 7) is 10.4. The third-order valence-electron chi connectivity index (χ3n) is 3.59. The van der Waals surface area contributed by atoms with Gasteiger partial charge in [0.15, 0.2) is 0 Å². The van der Waals surface area contributed by atoms with Gasteiger partial charge >= 0.3 is 5.97 Å². The molecule has 0 spiro atoms. The minimum Gasteiger partial charge on any atom is -0.468 e. The normalized spacial score (nSPS) is 22.5. The van der Waals surface area contributed by atoms with Gasteiger partial charge in [0, 0.05) is 0 Å². The van der Waals surface area contributed by atoms with Crippen LogP contribution in [0, 0.1) is 5.41 Å². The maximum atomic E-state index is 11.6. The van der Waals surface area contributed by atoms with E-state index in [0.29, 0.717) is 5.41 Å². The number of nitrogens with zero attached hydrogens (tertiary/aromatic N) is 1. The largest absolute Gasteiger partial charge is 0.468 e. The molecule has 3 heteroatoms. The van der Waals surface area contributed by atoms with Crippen LogP contribution in [-0.2, 0) is 9.53 Å². The van der Waals surface area contributed by atoms with Crippen molar-refractivity contribution in [1.82, 2.24) is 4.90 Å². The smallest absolute Gasteiger partial charge is 0.325 e. The predicted molar refractivity (Wildman–Crippen MR) is 60.7 cm³/mol. The number of esters is 1. The van der Waals surface area contributed by atoms with Gasteiger partial charge in [0.05, 0.1) is 7.11 Å². The Bertz CT molecular complexity index is 236. The zero-order chi connectivity index (χ0) is 11.7. The van der Waals surface area contributed by atoms with Crippen molar-refractivity contribution >= 4 is 5.97 Å². The molecular weight excluding hydrogens is 190 g/mol. The van der Waals surface area contributed by atoms with Crippen molar-refractivity contribution in [2.24, 2.45) is 5.41 Å². The van der Waals surface area contributed by atoms with Crippen LogP contribution in [0.25, 0.3) is 0 Å². The van der Waals surface area contributed by atoms with Crippen molar-refractivity contribution in [2.45, 2.75) is 46.1 Å². The van der Waals surface area contributed by atoms with Crippen molar-refractivity contribution in [3.8, 4) is 0 Å². The lowest BCUT2D eigenvalue weighted by atomic mass is 9.81. The number of carbonyl (C=O) groups excluding carboxylic acids is 1. The van der Waals surface area contributed by atoms with E-state index in [4.69, 9.17) is 4.74 Å². The van der Waals surface area contributed by atoms with Crippen LogP contribution in [0.3, 0.4) is 0 Å². The summed E-state index contributed by atoms with van der Waals surface area (Å²) in [5.41, 5.74) is -0.0616. The molecule has 1 fully saturated rings. The molecule has 0 unspecified atom stereocenters.